The first-order valence-electron chi connectivity index (χ1n) is 11.9. The molecule has 178 valence electrons. The van der Waals surface area contributed by atoms with Crippen LogP contribution in [-0.2, 0) is 23.8 Å². The van der Waals surface area contributed by atoms with E-state index in [1.165, 1.54) is 6.08 Å². The first-order chi connectivity index (χ1) is 15.4. The molecule has 33 heavy (non-hydrogen) atoms. The first-order valence-corrected chi connectivity index (χ1v) is 11.9. The number of carbonyl (C=O) groups excluding carboxylic acids is 2. The first kappa shape index (κ1) is 21.4. The lowest BCUT2D eigenvalue weighted by Gasteiger charge is -2.60. The zero-order valence-electron chi connectivity index (χ0n) is 19.8. The summed E-state index contributed by atoms with van der Waals surface area (Å²) < 4.78 is 24.0. The number of hydrogen-bond acceptors (Lipinski definition) is 7. The Morgan fingerprint density at radius 1 is 1.03 bits per heavy atom. The van der Waals surface area contributed by atoms with Gasteiger partial charge in [-0.3, -0.25) is 4.79 Å². The van der Waals surface area contributed by atoms with Crippen LogP contribution in [0.15, 0.2) is 35.2 Å². The van der Waals surface area contributed by atoms with Crippen molar-refractivity contribution < 1.29 is 33.3 Å². The number of esters is 2. The van der Waals surface area contributed by atoms with Gasteiger partial charge >= 0.3 is 11.9 Å². The minimum absolute atomic E-state index is 0.0272. The van der Waals surface area contributed by atoms with Crippen LogP contribution in [0.25, 0.3) is 0 Å². The topological polar surface area (TPSA) is 98.5 Å². The van der Waals surface area contributed by atoms with Crippen molar-refractivity contribution in [1.29, 1.82) is 0 Å². The van der Waals surface area contributed by atoms with Gasteiger partial charge in [0.2, 0.25) is 0 Å². The second-order valence-corrected chi connectivity index (χ2v) is 11.8. The second kappa shape index (κ2) is 6.11. The molecule has 0 bridgehead atoms. The smallest absolute Gasteiger partial charge is 0.330 e. The highest BCUT2D eigenvalue weighted by Crippen LogP contribution is 2.78. The van der Waals surface area contributed by atoms with Crippen LogP contribution in [0.1, 0.15) is 65.4 Å². The molecule has 1 aromatic heterocycles. The van der Waals surface area contributed by atoms with E-state index in [0.717, 1.165) is 12.0 Å². The normalized spacial score (nSPS) is 51.8. The maximum atomic E-state index is 13.3. The molecule has 1 spiro atoms. The third-order valence-corrected chi connectivity index (χ3v) is 10.2. The average Bonchev–Trinajstić information content (AvgIpc) is 3.14. The quantitative estimate of drug-likeness (QED) is 0.510. The summed E-state index contributed by atoms with van der Waals surface area (Å²) in [7, 11) is 0. The largest absolute Gasteiger partial charge is 0.472 e. The van der Waals surface area contributed by atoms with Crippen molar-refractivity contribution in [3.05, 3.63) is 36.3 Å². The van der Waals surface area contributed by atoms with Crippen molar-refractivity contribution in [2.45, 2.75) is 88.8 Å². The Balaban J connectivity index is 1.54. The SMILES string of the molecule is CC1(C)OC(=O)C=C[C@]2(C)[C@H]3C[C@H](O)[C@@]4(C)[C@H](c5ccoc5)C[C@H]5O[C@]54[C@]3(C)OC(=O)C[C@@H]12. The van der Waals surface area contributed by atoms with Crippen LogP contribution in [0.4, 0.5) is 0 Å². The van der Waals surface area contributed by atoms with Crippen molar-refractivity contribution >= 4 is 11.9 Å². The summed E-state index contributed by atoms with van der Waals surface area (Å²) in [5, 5.41) is 11.8. The monoisotopic (exact) mass is 456 g/mol. The number of cyclic esters (lactones) is 1. The van der Waals surface area contributed by atoms with Crippen LogP contribution in [0, 0.1) is 22.7 Å². The summed E-state index contributed by atoms with van der Waals surface area (Å²) in [6.07, 6.45) is 7.24. The number of aliphatic hydroxyl groups excluding tert-OH is 1. The number of allylic oxidation sites excluding steroid dienone is 1. The van der Waals surface area contributed by atoms with E-state index in [1.54, 1.807) is 12.5 Å². The van der Waals surface area contributed by atoms with Crippen LogP contribution in [0.5, 0.6) is 0 Å². The number of hydrogen-bond donors (Lipinski definition) is 1. The maximum Gasteiger partial charge on any atom is 0.330 e. The highest BCUT2D eigenvalue weighted by molar-refractivity contribution is 5.83. The zero-order chi connectivity index (χ0) is 23.6. The number of fused-ring (bicyclic) bond motifs is 3. The number of rotatable bonds is 1. The van der Waals surface area contributed by atoms with Gasteiger partial charge in [0.1, 0.15) is 16.8 Å². The molecule has 4 fully saturated rings. The number of carbonyl (C=O) groups is 2. The fourth-order valence-electron chi connectivity index (χ4n) is 8.70. The van der Waals surface area contributed by atoms with Gasteiger partial charge in [-0.2, -0.15) is 0 Å². The number of epoxide rings is 1. The van der Waals surface area contributed by atoms with Crippen molar-refractivity contribution in [3.63, 3.8) is 0 Å². The van der Waals surface area contributed by atoms with E-state index in [1.807, 2.05) is 32.9 Å². The Bertz CT molecular complexity index is 1060. The van der Waals surface area contributed by atoms with Gasteiger partial charge in [0.05, 0.1) is 31.2 Å². The Hall–Kier alpha value is -2.12. The highest BCUT2D eigenvalue weighted by Gasteiger charge is 2.88. The van der Waals surface area contributed by atoms with E-state index in [2.05, 4.69) is 13.8 Å². The standard InChI is InChI=1S/C26H32O7/c1-22(2)16-12-21(29)33-25(5)17(23(16,3)8-6-20(28)32-22)11-18(27)24(4)15(14-7-9-30-13-14)10-19-26(24,25)31-19/h6-9,13,15-19,27H,10-12H2,1-5H3/t15-,16-,17+,18-,19+,23-,24+,25+,26+/m0/s1. The molecule has 2 saturated carbocycles. The molecule has 0 amide bonds. The molecule has 0 aromatic carbocycles. The highest BCUT2D eigenvalue weighted by atomic mass is 16.7. The van der Waals surface area contributed by atoms with Crippen LogP contribution >= 0.6 is 0 Å². The average molecular weight is 457 g/mol. The van der Waals surface area contributed by atoms with E-state index < -0.39 is 39.7 Å². The molecule has 3 aliphatic heterocycles. The molecule has 0 radical (unpaired) electrons. The molecule has 0 unspecified atom stereocenters. The van der Waals surface area contributed by atoms with Gasteiger partial charge in [-0.05, 0) is 50.7 Å². The van der Waals surface area contributed by atoms with Crippen LogP contribution in [-0.4, -0.2) is 46.1 Å². The van der Waals surface area contributed by atoms with Gasteiger partial charge in [-0.15, -0.1) is 0 Å². The number of ether oxygens (including phenoxy) is 3. The molecule has 2 saturated heterocycles. The van der Waals surface area contributed by atoms with Crippen molar-refractivity contribution in [1.82, 2.24) is 0 Å². The molecule has 5 aliphatic rings. The van der Waals surface area contributed by atoms with Gasteiger partial charge in [0, 0.05) is 29.2 Å². The molecule has 1 aromatic rings. The third-order valence-electron chi connectivity index (χ3n) is 10.2. The number of aliphatic hydroxyl groups is 1. The van der Waals surface area contributed by atoms with Crippen molar-refractivity contribution in [3.8, 4) is 0 Å². The van der Waals surface area contributed by atoms with Crippen LogP contribution in [0.3, 0.4) is 0 Å². The van der Waals surface area contributed by atoms with Crippen LogP contribution < -0.4 is 0 Å². The molecule has 9 atom stereocenters. The van der Waals surface area contributed by atoms with E-state index in [4.69, 9.17) is 18.6 Å². The van der Waals surface area contributed by atoms with Gasteiger partial charge in [-0.1, -0.05) is 19.9 Å². The van der Waals surface area contributed by atoms with E-state index in [-0.39, 0.29) is 36.2 Å². The van der Waals surface area contributed by atoms with Gasteiger partial charge in [-0.25, -0.2) is 4.79 Å². The van der Waals surface area contributed by atoms with Gasteiger partial charge < -0.3 is 23.7 Å². The summed E-state index contributed by atoms with van der Waals surface area (Å²) in [5.41, 5.74) is -2.91. The molecule has 2 aliphatic carbocycles. The molecule has 4 heterocycles. The zero-order valence-corrected chi connectivity index (χ0v) is 19.8. The molecular weight excluding hydrogens is 424 g/mol. The lowest BCUT2D eigenvalue weighted by molar-refractivity contribution is -0.230. The fourth-order valence-corrected chi connectivity index (χ4v) is 8.70. The van der Waals surface area contributed by atoms with Crippen molar-refractivity contribution in [2.24, 2.45) is 22.7 Å². The van der Waals surface area contributed by atoms with Gasteiger partial charge in [0.15, 0.2) is 0 Å². The summed E-state index contributed by atoms with van der Waals surface area (Å²) in [6, 6.07) is 1.95. The molecular formula is C26H32O7. The summed E-state index contributed by atoms with van der Waals surface area (Å²) in [4.78, 5) is 25.8. The Kier molecular flexibility index (Phi) is 3.96. The Labute approximate surface area is 193 Å². The minimum Gasteiger partial charge on any atom is -0.472 e. The fraction of sp³-hybridized carbons (Fsp3) is 0.692. The van der Waals surface area contributed by atoms with Crippen LogP contribution in [0.2, 0.25) is 0 Å². The maximum absolute atomic E-state index is 13.3. The molecule has 6 rings (SSSR count). The van der Waals surface area contributed by atoms with Gasteiger partial charge in [0.25, 0.3) is 0 Å². The minimum atomic E-state index is -0.974. The lowest BCUT2D eigenvalue weighted by atomic mass is 9.46. The second-order valence-electron chi connectivity index (χ2n) is 11.8. The van der Waals surface area contributed by atoms with E-state index in [9.17, 15) is 14.7 Å². The predicted octanol–water partition coefficient (Wildman–Crippen LogP) is 3.51. The van der Waals surface area contributed by atoms with E-state index >= 15 is 0 Å². The molecule has 1 N–H and O–H groups in total. The summed E-state index contributed by atoms with van der Waals surface area (Å²) >= 11 is 0. The molecule has 7 heteroatoms. The lowest BCUT2D eigenvalue weighted by Crippen LogP contribution is -2.69. The molecule has 7 nitrogen and oxygen atoms in total. The third kappa shape index (κ3) is 2.33. The number of furan rings is 1. The Morgan fingerprint density at radius 3 is 2.48 bits per heavy atom. The predicted molar refractivity (Wildman–Crippen MR) is 116 cm³/mol. The van der Waals surface area contributed by atoms with Crippen molar-refractivity contribution in [2.75, 3.05) is 0 Å². The van der Waals surface area contributed by atoms with E-state index in [0.29, 0.717) is 6.42 Å². The summed E-state index contributed by atoms with van der Waals surface area (Å²) in [6.45, 7) is 9.86. The Morgan fingerprint density at radius 2 is 1.79 bits per heavy atom. The summed E-state index contributed by atoms with van der Waals surface area (Å²) in [5.74, 6) is -1.26.